The predicted octanol–water partition coefficient (Wildman–Crippen LogP) is 2.06. The van der Waals surface area contributed by atoms with Crippen LogP contribution in [0.1, 0.15) is 40.3 Å². The lowest BCUT2D eigenvalue weighted by Crippen LogP contribution is -2.43. The third-order valence-corrected chi connectivity index (χ3v) is 8.23. The van der Waals surface area contributed by atoms with E-state index in [1.165, 1.54) is 16.8 Å². The molecular weight excluding hydrogens is 435 g/mol. The number of nitrogens with zero attached hydrogens (tertiary/aromatic N) is 1. The van der Waals surface area contributed by atoms with Crippen molar-refractivity contribution >= 4 is 24.7 Å². The molecule has 3 heterocycles. The van der Waals surface area contributed by atoms with E-state index in [1.54, 1.807) is 0 Å². The number of hydrogen-bond donors (Lipinski definition) is 1. The molecule has 4 rings (SSSR count). The number of hydrogen-bond acceptors (Lipinski definition) is 9. The molecular formula is C18H25N2O8PS. The summed E-state index contributed by atoms with van der Waals surface area (Å²) in [6, 6.07) is 1.24. The van der Waals surface area contributed by atoms with E-state index in [-0.39, 0.29) is 17.6 Å². The number of ether oxygens (including phenoxy) is 1. The van der Waals surface area contributed by atoms with Crippen LogP contribution in [0.5, 0.6) is 0 Å². The summed E-state index contributed by atoms with van der Waals surface area (Å²) in [6.45, 7) is 7.35. The Labute approximate surface area is 177 Å². The molecule has 10 nitrogen and oxygen atoms in total. The number of aromatic nitrogens is 2. The zero-order chi connectivity index (χ0) is 21.9. The second-order valence-electron chi connectivity index (χ2n) is 8.65. The molecule has 0 amide bonds. The summed E-state index contributed by atoms with van der Waals surface area (Å²) in [5, 5.41) is 0.0306. The Hall–Kier alpha value is -1.23. The molecule has 1 aromatic rings. The summed E-state index contributed by atoms with van der Waals surface area (Å²) < 4.78 is 37.4. The second kappa shape index (κ2) is 7.43. The van der Waals surface area contributed by atoms with E-state index in [2.05, 4.69) is 4.98 Å². The summed E-state index contributed by atoms with van der Waals surface area (Å²) in [6.07, 6.45) is -0.0213. The molecule has 166 valence electrons. The van der Waals surface area contributed by atoms with E-state index in [1.807, 2.05) is 27.7 Å². The van der Waals surface area contributed by atoms with Gasteiger partial charge < -0.3 is 4.74 Å². The van der Waals surface area contributed by atoms with Gasteiger partial charge in [0, 0.05) is 35.8 Å². The van der Waals surface area contributed by atoms with Crippen LogP contribution in [0.3, 0.4) is 0 Å². The van der Waals surface area contributed by atoms with Crippen LogP contribution >= 0.6 is 19.6 Å². The maximum Gasteiger partial charge on any atom is 0.475 e. The fraction of sp³-hybridized carbons (Fsp3) is 0.722. The van der Waals surface area contributed by atoms with Crippen molar-refractivity contribution < 1.29 is 27.7 Å². The highest BCUT2D eigenvalue weighted by Gasteiger charge is 2.78. The van der Waals surface area contributed by atoms with Gasteiger partial charge in [0.2, 0.25) is 0 Å². The molecule has 3 fully saturated rings. The van der Waals surface area contributed by atoms with Crippen molar-refractivity contribution in [3.05, 3.63) is 33.1 Å². The van der Waals surface area contributed by atoms with E-state index < -0.39 is 48.5 Å². The predicted molar refractivity (Wildman–Crippen MR) is 108 cm³/mol. The average Bonchev–Trinajstić information content (AvgIpc) is 3.30. The van der Waals surface area contributed by atoms with Gasteiger partial charge in [0.05, 0.1) is 6.61 Å². The number of phosphoric ester groups is 1. The molecule has 1 N–H and O–H groups in total. The standard InChI is InChI=1S/C18H25N2O8PS/c1-10(2)13(22)30-8-7-25-29(24)27-11-9-18(11)14(28-29)17(3,4)15(26-18)20-6-5-12(21)19-16(20)23/h5-6,10-11,14-15H,7-9H2,1-4H3,(H,19,21,23)/t11?,14-,15+,18+,29+/m0/s1. The van der Waals surface area contributed by atoms with E-state index >= 15 is 0 Å². The third kappa shape index (κ3) is 3.65. The third-order valence-electron chi connectivity index (χ3n) is 5.62. The smallest absolute Gasteiger partial charge is 0.345 e. The number of rotatable bonds is 6. The topological polar surface area (TPSA) is 126 Å². The monoisotopic (exact) mass is 460 g/mol. The lowest BCUT2D eigenvalue weighted by atomic mass is 9.83. The number of carbonyl (C=O) groups is 1. The molecule has 1 spiro atoms. The molecule has 5 atom stereocenters. The quantitative estimate of drug-likeness (QED) is 0.501. The number of phosphoric acid groups is 1. The van der Waals surface area contributed by atoms with Gasteiger partial charge in [-0.3, -0.25) is 32.7 Å². The van der Waals surface area contributed by atoms with Crippen molar-refractivity contribution in [2.45, 2.75) is 58.2 Å². The summed E-state index contributed by atoms with van der Waals surface area (Å²) in [5.74, 6) is 0.244. The van der Waals surface area contributed by atoms with Crippen LogP contribution in [-0.4, -0.2) is 44.8 Å². The molecule has 12 heteroatoms. The molecule has 30 heavy (non-hydrogen) atoms. The van der Waals surface area contributed by atoms with Crippen LogP contribution in [0, 0.1) is 11.3 Å². The van der Waals surface area contributed by atoms with Gasteiger partial charge in [0.15, 0.2) is 5.12 Å². The summed E-state index contributed by atoms with van der Waals surface area (Å²) in [5.41, 5.74) is -2.68. The zero-order valence-corrected chi connectivity index (χ0v) is 18.9. The maximum atomic E-state index is 13.1. The number of H-pyrrole nitrogens is 1. The van der Waals surface area contributed by atoms with Crippen LogP contribution in [0.4, 0.5) is 0 Å². The first kappa shape index (κ1) is 22.0. The minimum absolute atomic E-state index is 0.0306. The number of carbonyl (C=O) groups excluding carboxylic acids is 1. The molecule has 2 aliphatic heterocycles. The highest BCUT2D eigenvalue weighted by atomic mass is 32.2. The van der Waals surface area contributed by atoms with Crippen LogP contribution < -0.4 is 11.2 Å². The first-order valence-corrected chi connectivity index (χ1v) is 12.2. The van der Waals surface area contributed by atoms with Crippen molar-refractivity contribution in [1.82, 2.24) is 9.55 Å². The van der Waals surface area contributed by atoms with Gasteiger partial charge in [-0.05, 0) is 0 Å². The molecule has 1 unspecified atom stereocenters. The van der Waals surface area contributed by atoms with E-state index in [0.717, 1.165) is 11.8 Å². The zero-order valence-electron chi connectivity index (χ0n) is 17.2. The fourth-order valence-corrected chi connectivity index (χ4v) is 6.60. The molecule has 2 saturated heterocycles. The minimum Gasteiger partial charge on any atom is -0.345 e. The Bertz CT molecular complexity index is 1020. The molecule has 1 aliphatic carbocycles. The number of nitrogens with one attached hydrogen (secondary N) is 1. The van der Waals surface area contributed by atoms with Crippen molar-refractivity contribution in [2.75, 3.05) is 12.4 Å². The van der Waals surface area contributed by atoms with Gasteiger partial charge in [-0.1, -0.05) is 39.5 Å². The Balaban J connectivity index is 1.49. The van der Waals surface area contributed by atoms with Gasteiger partial charge in [-0.2, -0.15) is 0 Å². The van der Waals surface area contributed by atoms with E-state index in [9.17, 15) is 18.9 Å². The normalized spacial score (nSPS) is 36.4. The molecule has 1 saturated carbocycles. The largest absolute Gasteiger partial charge is 0.475 e. The van der Waals surface area contributed by atoms with Gasteiger partial charge in [-0.15, -0.1) is 0 Å². The second-order valence-corrected chi connectivity index (χ2v) is 11.3. The van der Waals surface area contributed by atoms with Gasteiger partial charge in [0.25, 0.3) is 5.56 Å². The average molecular weight is 460 g/mol. The summed E-state index contributed by atoms with van der Waals surface area (Å²) in [7, 11) is -3.85. The molecule has 1 aromatic heterocycles. The Morgan fingerprint density at radius 2 is 2.13 bits per heavy atom. The van der Waals surface area contributed by atoms with Crippen molar-refractivity contribution in [3.63, 3.8) is 0 Å². The van der Waals surface area contributed by atoms with Crippen LogP contribution in [-0.2, 0) is 27.7 Å². The highest BCUT2D eigenvalue weighted by Crippen LogP contribution is 2.73. The Kier molecular flexibility index (Phi) is 5.44. The van der Waals surface area contributed by atoms with Crippen LogP contribution in [0.25, 0.3) is 0 Å². The van der Waals surface area contributed by atoms with Gasteiger partial charge in [0.1, 0.15) is 24.0 Å². The van der Waals surface area contributed by atoms with Crippen molar-refractivity contribution in [2.24, 2.45) is 11.3 Å². The SMILES string of the molecule is CC(C)C(=O)SCCO[P@]1(=O)OC2C[C@@]23O[C@@H](n2ccc(=O)[nH]c2=O)C(C)(C)[C@@H]3O1. The Morgan fingerprint density at radius 1 is 1.40 bits per heavy atom. The Morgan fingerprint density at radius 3 is 2.80 bits per heavy atom. The van der Waals surface area contributed by atoms with E-state index in [4.69, 9.17) is 18.3 Å². The lowest BCUT2D eigenvalue weighted by Gasteiger charge is -2.35. The molecule has 3 aliphatic rings. The first-order valence-electron chi connectivity index (χ1n) is 9.76. The maximum absolute atomic E-state index is 13.1. The van der Waals surface area contributed by atoms with E-state index in [0.29, 0.717) is 12.2 Å². The molecule has 0 bridgehead atoms. The van der Waals surface area contributed by atoms with Gasteiger partial charge >= 0.3 is 13.5 Å². The summed E-state index contributed by atoms with van der Waals surface area (Å²) in [4.78, 5) is 37.6. The van der Waals surface area contributed by atoms with Crippen LogP contribution in [0.2, 0.25) is 0 Å². The first-order chi connectivity index (χ1) is 14.0. The summed E-state index contributed by atoms with van der Waals surface area (Å²) >= 11 is 1.11. The lowest BCUT2D eigenvalue weighted by molar-refractivity contribution is -0.113. The van der Waals surface area contributed by atoms with Crippen molar-refractivity contribution in [1.29, 1.82) is 0 Å². The van der Waals surface area contributed by atoms with Crippen LogP contribution in [0.15, 0.2) is 21.9 Å². The minimum atomic E-state index is -3.85. The highest BCUT2D eigenvalue weighted by molar-refractivity contribution is 8.13. The van der Waals surface area contributed by atoms with Crippen molar-refractivity contribution in [3.8, 4) is 0 Å². The molecule has 0 radical (unpaired) electrons. The fourth-order valence-electron chi connectivity index (χ4n) is 4.02. The number of aromatic amines is 1. The van der Waals surface area contributed by atoms with Gasteiger partial charge in [-0.25, -0.2) is 9.36 Å². The number of thioether (sulfide) groups is 1. The molecule has 0 aromatic carbocycles.